The molecule has 2 amide bonds. The number of hydrogen-bond acceptors (Lipinski definition) is 3. The number of amides is 2. The highest BCUT2D eigenvalue weighted by Crippen LogP contribution is 2.41. The van der Waals surface area contributed by atoms with Crippen molar-refractivity contribution in [3.05, 3.63) is 99.9 Å². The zero-order valence-corrected chi connectivity index (χ0v) is 17.3. The molecule has 0 fully saturated rings. The van der Waals surface area contributed by atoms with E-state index in [0.29, 0.717) is 26.8 Å². The molecule has 1 aliphatic rings. The third kappa shape index (κ3) is 3.86. The molecule has 144 valence electrons. The Bertz CT molecular complexity index is 1090. The minimum atomic E-state index is -0.319. The van der Waals surface area contributed by atoms with E-state index in [-0.39, 0.29) is 11.8 Å². The van der Waals surface area contributed by atoms with E-state index in [1.807, 2.05) is 54.6 Å². The molecule has 4 rings (SSSR count). The maximum atomic E-state index is 13.4. The first-order valence-electron chi connectivity index (χ1n) is 9.29. The Balaban J connectivity index is 1.79. The van der Waals surface area contributed by atoms with Crippen LogP contribution < -0.4 is 4.90 Å². The van der Waals surface area contributed by atoms with Crippen LogP contribution in [0.3, 0.4) is 0 Å². The van der Waals surface area contributed by atoms with Gasteiger partial charge in [-0.1, -0.05) is 72.8 Å². The molecule has 0 bridgehead atoms. The number of carbonyl (C=O) groups is 2. The second-order valence-corrected chi connectivity index (χ2v) is 8.11. The average molecular weight is 420 g/mol. The third-order valence-corrected chi connectivity index (χ3v) is 6.08. The number of carbonyl (C=O) groups excluding carboxylic acids is 2. The van der Waals surface area contributed by atoms with Crippen molar-refractivity contribution in [3.63, 3.8) is 0 Å². The van der Waals surface area contributed by atoms with E-state index in [0.717, 1.165) is 16.9 Å². The van der Waals surface area contributed by atoms with E-state index in [4.69, 9.17) is 11.6 Å². The molecule has 0 radical (unpaired) electrons. The highest BCUT2D eigenvalue weighted by molar-refractivity contribution is 8.04. The van der Waals surface area contributed by atoms with Gasteiger partial charge in [0.15, 0.2) is 0 Å². The highest BCUT2D eigenvalue weighted by Gasteiger charge is 2.40. The summed E-state index contributed by atoms with van der Waals surface area (Å²) in [7, 11) is 0. The van der Waals surface area contributed by atoms with E-state index in [1.165, 1.54) is 16.7 Å². The van der Waals surface area contributed by atoms with Gasteiger partial charge in [-0.05, 0) is 53.9 Å². The number of anilines is 1. The van der Waals surface area contributed by atoms with Gasteiger partial charge in [0, 0.05) is 9.92 Å². The lowest BCUT2D eigenvalue weighted by molar-refractivity contribution is -0.119. The van der Waals surface area contributed by atoms with Crippen molar-refractivity contribution >= 4 is 46.4 Å². The summed E-state index contributed by atoms with van der Waals surface area (Å²) in [5, 5.41) is 0.579. The van der Waals surface area contributed by atoms with Crippen LogP contribution >= 0.6 is 23.4 Å². The molecule has 0 atom stereocenters. The maximum absolute atomic E-state index is 13.4. The quantitative estimate of drug-likeness (QED) is 0.477. The van der Waals surface area contributed by atoms with E-state index < -0.39 is 0 Å². The van der Waals surface area contributed by atoms with Gasteiger partial charge in [-0.3, -0.25) is 9.59 Å². The van der Waals surface area contributed by atoms with Crippen molar-refractivity contribution < 1.29 is 9.59 Å². The fourth-order valence-electron chi connectivity index (χ4n) is 3.20. The van der Waals surface area contributed by atoms with Crippen LogP contribution in [0.1, 0.15) is 18.1 Å². The molecule has 3 aromatic rings. The summed E-state index contributed by atoms with van der Waals surface area (Å²) in [5.74, 6) is -0.627. The van der Waals surface area contributed by atoms with Crippen molar-refractivity contribution in [3.8, 4) is 0 Å². The lowest BCUT2D eigenvalue weighted by Crippen LogP contribution is -2.31. The molecule has 0 saturated heterocycles. The van der Waals surface area contributed by atoms with Gasteiger partial charge in [0.05, 0.1) is 16.2 Å². The van der Waals surface area contributed by atoms with Gasteiger partial charge in [0.25, 0.3) is 11.8 Å². The summed E-state index contributed by atoms with van der Waals surface area (Å²) in [4.78, 5) is 29.3. The summed E-state index contributed by atoms with van der Waals surface area (Å²) in [5.41, 5.74) is 2.81. The van der Waals surface area contributed by atoms with Crippen LogP contribution in [0.15, 0.2) is 88.7 Å². The van der Waals surface area contributed by atoms with E-state index in [1.54, 1.807) is 24.3 Å². The van der Waals surface area contributed by atoms with Crippen LogP contribution in [-0.4, -0.2) is 11.8 Å². The van der Waals surface area contributed by atoms with E-state index >= 15 is 0 Å². The normalized spacial score (nSPS) is 14.1. The summed E-state index contributed by atoms with van der Waals surface area (Å²) < 4.78 is 0. The van der Waals surface area contributed by atoms with Gasteiger partial charge in [0.1, 0.15) is 0 Å². The molecule has 0 aromatic heterocycles. The molecule has 3 nitrogen and oxygen atoms in total. The van der Waals surface area contributed by atoms with Crippen molar-refractivity contribution in [1.29, 1.82) is 0 Å². The maximum Gasteiger partial charge on any atom is 0.272 e. The first kappa shape index (κ1) is 19.5. The van der Waals surface area contributed by atoms with Crippen molar-refractivity contribution in [2.75, 3.05) is 4.90 Å². The molecule has 3 aromatic carbocycles. The minimum absolute atomic E-state index is 0.307. The Kier molecular flexibility index (Phi) is 5.56. The average Bonchev–Trinajstić information content (AvgIpc) is 2.99. The van der Waals surface area contributed by atoms with Gasteiger partial charge in [-0.2, -0.15) is 0 Å². The van der Waals surface area contributed by atoms with Crippen LogP contribution in [0, 0.1) is 0 Å². The summed E-state index contributed by atoms with van der Waals surface area (Å²) in [6, 6.07) is 24.1. The zero-order chi connectivity index (χ0) is 20.4. The van der Waals surface area contributed by atoms with Crippen molar-refractivity contribution in [2.45, 2.75) is 18.2 Å². The molecule has 1 heterocycles. The largest absolute Gasteiger partial charge is 0.272 e. The number of aryl methyl sites for hydroxylation is 1. The highest BCUT2D eigenvalue weighted by atomic mass is 35.5. The minimum Gasteiger partial charge on any atom is -0.268 e. The predicted molar refractivity (Wildman–Crippen MR) is 119 cm³/mol. The molecular formula is C24H18ClNO2S. The first-order valence-corrected chi connectivity index (χ1v) is 10.5. The second-order valence-electron chi connectivity index (χ2n) is 6.59. The SMILES string of the molecule is CCc1ccc(N2C(=O)C(Sc3ccccc3)=C(c3ccc(Cl)cc3)C2=O)cc1. The Morgan fingerprint density at radius 3 is 2.10 bits per heavy atom. The van der Waals surface area contributed by atoms with Gasteiger partial charge in [-0.15, -0.1) is 0 Å². The molecule has 0 N–H and O–H groups in total. The summed E-state index contributed by atoms with van der Waals surface area (Å²) in [6.45, 7) is 2.07. The molecular weight excluding hydrogens is 402 g/mol. The smallest absolute Gasteiger partial charge is 0.268 e. The van der Waals surface area contributed by atoms with Gasteiger partial charge in [-0.25, -0.2) is 4.90 Å². The number of thioether (sulfide) groups is 1. The monoisotopic (exact) mass is 419 g/mol. The zero-order valence-electron chi connectivity index (χ0n) is 15.8. The standard InChI is InChI=1S/C24H18ClNO2S/c1-2-16-8-14-19(15-9-16)26-23(27)21(17-10-12-18(25)13-11-17)22(24(26)28)29-20-6-4-3-5-7-20/h3-15H,2H2,1H3. The Hall–Kier alpha value is -2.82. The van der Waals surface area contributed by atoms with Crippen LogP contribution in [0.2, 0.25) is 5.02 Å². The van der Waals surface area contributed by atoms with Crippen LogP contribution in [0.4, 0.5) is 5.69 Å². The van der Waals surface area contributed by atoms with E-state index in [2.05, 4.69) is 6.92 Å². The van der Waals surface area contributed by atoms with Crippen LogP contribution in [0.5, 0.6) is 0 Å². The lowest BCUT2D eigenvalue weighted by Gasteiger charge is -2.15. The fourth-order valence-corrected chi connectivity index (χ4v) is 4.34. The van der Waals surface area contributed by atoms with Crippen molar-refractivity contribution in [1.82, 2.24) is 0 Å². The Labute approximate surface area is 179 Å². The van der Waals surface area contributed by atoms with Crippen LogP contribution in [0.25, 0.3) is 5.57 Å². The molecule has 29 heavy (non-hydrogen) atoms. The molecule has 0 saturated carbocycles. The van der Waals surface area contributed by atoms with Gasteiger partial charge in [0.2, 0.25) is 0 Å². The number of halogens is 1. The molecule has 5 heteroatoms. The topological polar surface area (TPSA) is 37.4 Å². The number of imide groups is 1. The Morgan fingerprint density at radius 2 is 1.48 bits per heavy atom. The Morgan fingerprint density at radius 1 is 0.828 bits per heavy atom. The predicted octanol–water partition coefficient (Wildman–Crippen LogP) is 5.98. The summed E-state index contributed by atoms with van der Waals surface area (Å²) in [6.07, 6.45) is 0.894. The number of hydrogen-bond donors (Lipinski definition) is 0. The van der Waals surface area contributed by atoms with E-state index in [9.17, 15) is 9.59 Å². The third-order valence-electron chi connectivity index (χ3n) is 4.74. The van der Waals surface area contributed by atoms with Crippen molar-refractivity contribution in [2.24, 2.45) is 0 Å². The number of rotatable bonds is 5. The lowest BCUT2D eigenvalue weighted by atomic mass is 10.1. The number of benzene rings is 3. The fraction of sp³-hybridized carbons (Fsp3) is 0.0833. The molecule has 0 aliphatic carbocycles. The number of nitrogens with zero attached hydrogens (tertiary/aromatic N) is 1. The van der Waals surface area contributed by atoms with Gasteiger partial charge < -0.3 is 0 Å². The molecule has 1 aliphatic heterocycles. The summed E-state index contributed by atoms with van der Waals surface area (Å²) >= 11 is 7.33. The second kappa shape index (κ2) is 8.27. The molecule has 0 spiro atoms. The first-order chi connectivity index (χ1) is 14.1. The molecule has 0 unspecified atom stereocenters. The van der Waals surface area contributed by atoms with Gasteiger partial charge >= 0.3 is 0 Å². The van der Waals surface area contributed by atoms with Crippen LogP contribution in [-0.2, 0) is 16.0 Å².